The third-order valence-electron chi connectivity index (χ3n) is 4.69. The lowest BCUT2D eigenvalue weighted by atomic mass is 10.1. The number of likely N-dealkylation sites (N-methyl/N-ethyl adjacent to an activating group) is 1. The normalized spacial score (nSPS) is 14.3. The molecule has 0 unspecified atom stereocenters. The van der Waals surface area contributed by atoms with Gasteiger partial charge < -0.3 is 19.9 Å². The number of piperazine rings is 1. The molecule has 0 saturated carbocycles. The van der Waals surface area contributed by atoms with E-state index in [9.17, 15) is 14.4 Å². The lowest BCUT2D eigenvalue weighted by Gasteiger charge is -2.32. The SMILES string of the molecule is CCOC(=O)c1ccc(NC(=O)c2cncc(C(=O)N3CCN(C)CC3)c2)cc1. The van der Waals surface area contributed by atoms with E-state index >= 15 is 0 Å². The van der Waals surface area contributed by atoms with Crippen molar-refractivity contribution in [2.45, 2.75) is 6.92 Å². The molecule has 0 bridgehead atoms. The van der Waals surface area contributed by atoms with Gasteiger partial charge in [0.1, 0.15) is 0 Å². The van der Waals surface area contributed by atoms with Gasteiger partial charge in [0.15, 0.2) is 0 Å². The van der Waals surface area contributed by atoms with Gasteiger partial charge in [-0.15, -0.1) is 0 Å². The summed E-state index contributed by atoms with van der Waals surface area (Å²) in [6.07, 6.45) is 2.90. The Labute approximate surface area is 169 Å². The first kappa shape index (κ1) is 20.5. The van der Waals surface area contributed by atoms with Crippen molar-refractivity contribution in [3.63, 3.8) is 0 Å². The maximum absolute atomic E-state index is 12.7. The van der Waals surface area contributed by atoms with Crippen molar-refractivity contribution < 1.29 is 19.1 Å². The predicted octanol–water partition coefficient (Wildman–Crippen LogP) is 1.90. The standard InChI is InChI=1S/C21H24N4O4/c1-3-29-21(28)15-4-6-18(7-5-15)23-19(26)16-12-17(14-22-13-16)20(27)25-10-8-24(2)9-11-25/h4-7,12-14H,3,8-11H2,1-2H3,(H,23,26). The number of ether oxygens (including phenoxy) is 1. The minimum Gasteiger partial charge on any atom is -0.462 e. The van der Waals surface area contributed by atoms with Gasteiger partial charge in [-0.1, -0.05) is 0 Å². The molecule has 29 heavy (non-hydrogen) atoms. The molecule has 8 heteroatoms. The van der Waals surface area contributed by atoms with E-state index in [4.69, 9.17) is 4.74 Å². The maximum Gasteiger partial charge on any atom is 0.338 e. The van der Waals surface area contributed by atoms with Crippen LogP contribution in [0.25, 0.3) is 0 Å². The number of nitrogens with one attached hydrogen (secondary N) is 1. The number of carbonyl (C=O) groups is 3. The number of rotatable bonds is 5. The summed E-state index contributed by atoms with van der Waals surface area (Å²) in [4.78, 5) is 44.9. The van der Waals surface area contributed by atoms with Gasteiger partial charge in [-0.2, -0.15) is 0 Å². The van der Waals surface area contributed by atoms with E-state index in [0.717, 1.165) is 13.1 Å². The fraction of sp³-hybridized carbons (Fsp3) is 0.333. The summed E-state index contributed by atoms with van der Waals surface area (Å²) >= 11 is 0. The van der Waals surface area contributed by atoms with Crippen LogP contribution in [0.15, 0.2) is 42.7 Å². The Morgan fingerprint density at radius 3 is 2.31 bits per heavy atom. The smallest absolute Gasteiger partial charge is 0.338 e. The average Bonchev–Trinajstić information content (AvgIpc) is 2.74. The molecule has 2 aromatic rings. The van der Waals surface area contributed by atoms with Gasteiger partial charge in [0, 0.05) is 44.3 Å². The number of hydrogen-bond donors (Lipinski definition) is 1. The van der Waals surface area contributed by atoms with Crippen LogP contribution in [0.5, 0.6) is 0 Å². The largest absolute Gasteiger partial charge is 0.462 e. The average molecular weight is 396 g/mol. The highest BCUT2D eigenvalue weighted by molar-refractivity contribution is 6.06. The quantitative estimate of drug-likeness (QED) is 0.776. The lowest BCUT2D eigenvalue weighted by molar-refractivity contribution is 0.0526. The molecule has 3 rings (SSSR count). The minimum atomic E-state index is -0.412. The van der Waals surface area contributed by atoms with Gasteiger partial charge in [0.2, 0.25) is 0 Å². The first-order chi connectivity index (χ1) is 14.0. The third-order valence-corrected chi connectivity index (χ3v) is 4.69. The third kappa shape index (κ3) is 5.17. The van der Waals surface area contributed by atoms with Crippen molar-refractivity contribution in [1.29, 1.82) is 0 Å². The molecule has 0 aliphatic carbocycles. The van der Waals surface area contributed by atoms with Gasteiger partial charge in [-0.05, 0) is 44.3 Å². The molecule has 0 atom stereocenters. The number of aromatic nitrogens is 1. The summed E-state index contributed by atoms with van der Waals surface area (Å²) in [5.74, 6) is -0.918. The number of amides is 2. The zero-order valence-corrected chi connectivity index (χ0v) is 16.6. The van der Waals surface area contributed by atoms with Gasteiger partial charge in [-0.25, -0.2) is 4.79 Å². The second-order valence-electron chi connectivity index (χ2n) is 6.81. The minimum absolute atomic E-state index is 0.126. The highest BCUT2D eigenvalue weighted by Crippen LogP contribution is 2.14. The molecule has 1 aliphatic heterocycles. The topological polar surface area (TPSA) is 91.8 Å². The molecule has 0 spiro atoms. The molecule has 2 amide bonds. The lowest BCUT2D eigenvalue weighted by Crippen LogP contribution is -2.47. The number of anilines is 1. The number of benzene rings is 1. The van der Waals surface area contributed by atoms with E-state index in [1.807, 2.05) is 7.05 Å². The van der Waals surface area contributed by atoms with E-state index in [1.54, 1.807) is 42.2 Å². The Kier molecular flexibility index (Phi) is 6.56. The number of esters is 1. The highest BCUT2D eigenvalue weighted by atomic mass is 16.5. The first-order valence-corrected chi connectivity index (χ1v) is 9.49. The maximum atomic E-state index is 12.7. The van der Waals surface area contributed by atoms with Crippen molar-refractivity contribution in [2.75, 3.05) is 45.2 Å². The molecule has 0 radical (unpaired) electrons. The van der Waals surface area contributed by atoms with Crippen LogP contribution in [0, 0.1) is 0 Å². The first-order valence-electron chi connectivity index (χ1n) is 9.49. The van der Waals surface area contributed by atoms with Crippen LogP contribution >= 0.6 is 0 Å². The van der Waals surface area contributed by atoms with Crippen molar-refractivity contribution in [2.24, 2.45) is 0 Å². The molecule has 1 aromatic carbocycles. The molecule has 1 aromatic heterocycles. The van der Waals surface area contributed by atoms with Crippen molar-refractivity contribution in [3.05, 3.63) is 59.4 Å². The van der Waals surface area contributed by atoms with E-state index in [2.05, 4.69) is 15.2 Å². The van der Waals surface area contributed by atoms with Crippen LogP contribution in [0.4, 0.5) is 5.69 Å². The summed E-state index contributed by atoms with van der Waals surface area (Å²) in [5, 5.41) is 2.75. The van der Waals surface area contributed by atoms with Crippen molar-refractivity contribution in [1.82, 2.24) is 14.8 Å². The van der Waals surface area contributed by atoms with Crippen molar-refractivity contribution in [3.8, 4) is 0 Å². The Balaban J connectivity index is 1.66. The fourth-order valence-corrected chi connectivity index (χ4v) is 2.98. The molecule has 152 valence electrons. The molecular weight excluding hydrogens is 372 g/mol. The number of pyridine rings is 1. The van der Waals surface area contributed by atoms with Gasteiger partial charge in [0.25, 0.3) is 11.8 Å². The van der Waals surface area contributed by atoms with Gasteiger partial charge >= 0.3 is 5.97 Å². The van der Waals surface area contributed by atoms with Crippen LogP contribution in [0.3, 0.4) is 0 Å². The monoisotopic (exact) mass is 396 g/mol. The zero-order valence-electron chi connectivity index (χ0n) is 16.6. The Hall–Kier alpha value is -3.26. The number of nitrogens with zero attached hydrogens (tertiary/aromatic N) is 3. The molecule has 1 saturated heterocycles. The predicted molar refractivity (Wildman–Crippen MR) is 108 cm³/mol. The second kappa shape index (κ2) is 9.29. The van der Waals surface area contributed by atoms with E-state index in [1.165, 1.54) is 12.4 Å². The summed E-state index contributed by atoms with van der Waals surface area (Å²) < 4.78 is 4.94. The number of hydrogen-bond acceptors (Lipinski definition) is 6. The highest BCUT2D eigenvalue weighted by Gasteiger charge is 2.21. The van der Waals surface area contributed by atoms with Gasteiger partial charge in [-0.3, -0.25) is 14.6 Å². The van der Waals surface area contributed by atoms with Crippen LogP contribution in [0.1, 0.15) is 38.0 Å². The molecule has 2 heterocycles. The van der Waals surface area contributed by atoms with E-state index < -0.39 is 5.97 Å². The van der Waals surface area contributed by atoms with Crippen LogP contribution in [-0.4, -0.2) is 72.4 Å². The van der Waals surface area contributed by atoms with E-state index in [-0.39, 0.29) is 11.8 Å². The zero-order chi connectivity index (χ0) is 20.8. The molecule has 1 aliphatic rings. The summed E-state index contributed by atoms with van der Waals surface area (Å²) in [6, 6.07) is 7.96. The summed E-state index contributed by atoms with van der Waals surface area (Å²) in [6.45, 7) is 4.98. The Morgan fingerprint density at radius 1 is 1.00 bits per heavy atom. The number of carbonyl (C=O) groups excluding carboxylic acids is 3. The molecule has 8 nitrogen and oxygen atoms in total. The van der Waals surface area contributed by atoms with E-state index in [0.29, 0.717) is 42.1 Å². The fourth-order valence-electron chi connectivity index (χ4n) is 2.98. The Bertz CT molecular complexity index is 890. The van der Waals surface area contributed by atoms with Crippen molar-refractivity contribution >= 4 is 23.5 Å². The van der Waals surface area contributed by atoms with Crippen LogP contribution < -0.4 is 5.32 Å². The molecule has 1 fully saturated rings. The second-order valence-corrected chi connectivity index (χ2v) is 6.81. The van der Waals surface area contributed by atoms with Crippen LogP contribution in [-0.2, 0) is 4.74 Å². The van der Waals surface area contributed by atoms with Crippen LogP contribution in [0.2, 0.25) is 0 Å². The summed E-state index contributed by atoms with van der Waals surface area (Å²) in [5.41, 5.74) is 1.62. The summed E-state index contributed by atoms with van der Waals surface area (Å²) in [7, 11) is 2.02. The Morgan fingerprint density at radius 2 is 1.66 bits per heavy atom. The molecule has 1 N–H and O–H groups in total. The van der Waals surface area contributed by atoms with Gasteiger partial charge in [0.05, 0.1) is 23.3 Å². The molecular formula is C21H24N4O4.